The van der Waals surface area contributed by atoms with E-state index >= 15 is 0 Å². The molecule has 2 N–H and O–H groups in total. The standard InChI is InChI=1S/C22H29N3O/c1-3-16-7-5-8-17(4-2)22(16)25-20(26)15-19-9-6-12-24-21(19)18-10-13-23-14-11-18/h5-8,10,12,19,23H,3-4,9,11,13-15H2,1-2H3,(H,25,26). The zero-order valence-corrected chi connectivity index (χ0v) is 15.8. The second-order valence-corrected chi connectivity index (χ2v) is 6.93. The number of carbonyl (C=O) groups excluding carboxylic acids is 1. The van der Waals surface area contributed by atoms with Crippen LogP contribution in [0, 0.1) is 5.92 Å². The topological polar surface area (TPSA) is 53.5 Å². The minimum Gasteiger partial charge on any atom is -0.326 e. The summed E-state index contributed by atoms with van der Waals surface area (Å²) in [5, 5.41) is 6.54. The molecular weight excluding hydrogens is 322 g/mol. The highest BCUT2D eigenvalue weighted by molar-refractivity contribution is 6.05. The van der Waals surface area contributed by atoms with Crippen LogP contribution >= 0.6 is 0 Å². The van der Waals surface area contributed by atoms with Crippen LogP contribution in [-0.2, 0) is 17.6 Å². The van der Waals surface area contributed by atoms with Crippen molar-refractivity contribution in [2.75, 3.05) is 18.4 Å². The lowest BCUT2D eigenvalue weighted by atomic mass is 9.86. The van der Waals surface area contributed by atoms with Gasteiger partial charge in [0.25, 0.3) is 0 Å². The summed E-state index contributed by atoms with van der Waals surface area (Å²) in [6.45, 7) is 6.13. The van der Waals surface area contributed by atoms with Gasteiger partial charge >= 0.3 is 0 Å². The third-order valence-electron chi connectivity index (χ3n) is 5.21. The molecule has 3 rings (SSSR count). The second kappa shape index (κ2) is 8.95. The molecule has 0 radical (unpaired) electrons. The third kappa shape index (κ3) is 4.31. The van der Waals surface area contributed by atoms with Gasteiger partial charge in [-0.05, 0) is 48.9 Å². The lowest BCUT2D eigenvalue weighted by Gasteiger charge is -2.24. The summed E-state index contributed by atoms with van der Waals surface area (Å²) in [6.07, 6.45) is 10.4. The van der Waals surface area contributed by atoms with E-state index < -0.39 is 0 Å². The van der Waals surface area contributed by atoms with Gasteiger partial charge < -0.3 is 10.6 Å². The van der Waals surface area contributed by atoms with E-state index in [0.717, 1.165) is 50.2 Å². The molecule has 2 heterocycles. The average Bonchev–Trinajstić information content (AvgIpc) is 2.69. The molecule has 26 heavy (non-hydrogen) atoms. The Morgan fingerprint density at radius 1 is 1.27 bits per heavy atom. The smallest absolute Gasteiger partial charge is 0.225 e. The molecule has 2 aliphatic heterocycles. The van der Waals surface area contributed by atoms with E-state index in [2.05, 4.69) is 59.8 Å². The van der Waals surface area contributed by atoms with Gasteiger partial charge in [0.15, 0.2) is 0 Å². The summed E-state index contributed by atoms with van der Waals surface area (Å²) < 4.78 is 0. The Balaban J connectivity index is 1.73. The molecule has 0 spiro atoms. The maximum absolute atomic E-state index is 12.8. The molecule has 1 amide bonds. The Morgan fingerprint density at radius 3 is 2.69 bits per heavy atom. The molecule has 138 valence electrons. The van der Waals surface area contributed by atoms with Crippen LogP contribution in [0.1, 0.15) is 44.2 Å². The lowest BCUT2D eigenvalue weighted by Crippen LogP contribution is -2.29. The van der Waals surface area contributed by atoms with E-state index in [9.17, 15) is 4.79 Å². The van der Waals surface area contributed by atoms with Crippen LogP contribution in [0.4, 0.5) is 5.69 Å². The number of para-hydroxylation sites is 1. The number of nitrogens with zero attached hydrogens (tertiary/aromatic N) is 1. The van der Waals surface area contributed by atoms with E-state index in [1.54, 1.807) is 0 Å². The fourth-order valence-corrected chi connectivity index (χ4v) is 3.77. The lowest BCUT2D eigenvalue weighted by molar-refractivity contribution is -0.116. The molecule has 0 bridgehead atoms. The van der Waals surface area contributed by atoms with Gasteiger partial charge in [-0.3, -0.25) is 9.79 Å². The molecule has 0 aromatic heterocycles. The largest absolute Gasteiger partial charge is 0.326 e. The summed E-state index contributed by atoms with van der Waals surface area (Å²) >= 11 is 0. The normalized spacial score (nSPS) is 19.7. The number of anilines is 1. The van der Waals surface area contributed by atoms with Crippen LogP contribution in [0.2, 0.25) is 0 Å². The SMILES string of the molecule is CCc1cccc(CC)c1NC(=O)CC1CC=CN=C1C1=CCNCC1. The van der Waals surface area contributed by atoms with Crippen LogP contribution in [0.3, 0.4) is 0 Å². The van der Waals surface area contributed by atoms with Crippen LogP contribution < -0.4 is 10.6 Å². The third-order valence-corrected chi connectivity index (χ3v) is 5.21. The fraction of sp³-hybridized carbons (Fsp3) is 0.455. The summed E-state index contributed by atoms with van der Waals surface area (Å²) in [5.41, 5.74) is 5.82. The van der Waals surface area contributed by atoms with Gasteiger partial charge in [0.1, 0.15) is 0 Å². The minimum atomic E-state index is 0.0862. The van der Waals surface area contributed by atoms with Crippen LogP contribution in [0.25, 0.3) is 0 Å². The van der Waals surface area contributed by atoms with Gasteiger partial charge in [-0.25, -0.2) is 0 Å². The number of carbonyl (C=O) groups is 1. The monoisotopic (exact) mass is 351 g/mol. The van der Waals surface area contributed by atoms with E-state index in [1.807, 2.05) is 6.20 Å². The van der Waals surface area contributed by atoms with Crippen molar-refractivity contribution in [3.05, 3.63) is 53.3 Å². The molecule has 4 nitrogen and oxygen atoms in total. The van der Waals surface area contributed by atoms with E-state index in [1.165, 1.54) is 16.7 Å². The summed E-state index contributed by atoms with van der Waals surface area (Å²) in [4.78, 5) is 17.4. The molecule has 2 aliphatic rings. The number of rotatable bonds is 6. The van der Waals surface area contributed by atoms with E-state index in [4.69, 9.17) is 0 Å². The Hall–Kier alpha value is -2.20. The number of hydrogen-bond acceptors (Lipinski definition) is 3. The summed E-state index contributed by atoms with van der Waals surface area (Å²) in [6, 6.07) is 6.28. The van der Waals surface area contributed by atoms with Crippen LogP contribution in [-0.4, -0.2) is 24.7 Å². The number of amides is 1. The van der Waals surface area contributed by atoms with Gasteiger partial charge in [0.05, 0.1) is 0 Å². The number of allylic oxidation sites excluding steroid dienone is 1. The fourth-order valence-electron chi connectivity index (χ4n) is 3.77. The molecule has 1 aromatic rings. The zero-order valence-electron chi connectivity index (χ0n) is 15.8. The van der Waals surface area contributed by atoms with Crippen molar-refractivity contribution in [2.24, 2.45) is 10.9 Å². The molecule has 0 fully saturated rings. The highest BCUT2D eigenvalue weighted by Gasteiger charge is 2.24. The molecule has 0 saturated heterocycles. The number of nitrogens with one attached hydrogen (secondary N) is 2. The van der Waals surface area contributed by atoms with Crippen molar-refractivity contribution in [3.63, 3.8) is 0 Å². The van der Waals surface area contributed by atoms with Gasteiger partial charge in [-0.15, -0.1) is 0 Å². The Bertz CT molecular complexity index is 724. The van der Waals surface area contributed by atoms with Crippen molar-refractivity contribution >= 4 is 17.3 Å². The molecule has 4 heteroatoms. The van der Waals surface area contributed by atoms with Crippen molar-refractivity contribution < 1.29 is 4.79 Å². The number of benzene rings is 1. The molecule has 1 unspecified atom stereocenters. The first kappa shape index (κ1) is 18.6. The van der Waals surface area contributed by atoms with Crippen molar-refractivity contribution in [3.8, 4) is 0 Å². The highest BCUT2D eigenvalue weighted by Crippen LogP contribution is 2.26. The van der Waals surface area contributed by atoms with Crippen LogP contribution in [0.5, 0.6) is 0 Å². The first-order valence-electron chi connectivity index (χ1n) is 9.76. The number of aliphatic imine (C=N–C) groups is 1. The highest BCUT2D eigenvalue weighted by atomic mass is 16.1. The van der Waals surface area contributed by atoms with Gasteiger partial charge in [-0.1, -0.05) is 44.2 Å². The van der Waals surface area contributed by atoms with Crippen molar-refractivity contribution in [1.29, 1.82) is 0 Å². The zero-order chi connectivity index (χ0) is 18.4. The Labute approximate surface area is 156 Å². The molecule has 1 aromatic carbocycles. The van der Waals surface area contributed by atoms with Gasteiger partial charge in [0, 0.05) is 36.5 Å². The van der Waals surface area contributed by atoms with Gasteiger partial charge in [-0.2, -0.15) is 0 Å². The van der Waals surface area contributed by atoms with E-state index in [0.29, 0.717) is 6.42 Å². The first-order chi connectivity index (χ1) is 12.7. The van der Waals surface area contributed by atoms with Crippen molar-refractivity contribution in [2.45, 2.75) is 46.0 Å². The predicted octanol–water partition coefficient (Wildman–Crippen LogP) is 4.03. The quantitative estimate of drug-likeness (QED) is 0.813. The minimum absolute atomic E-state index is 0.0862. The summed E-state index contributed by atoms with van der Waals surface area (Å²) in [5.74, 6) is 0.256. The molecular formula is C22H29N3O. The Kier molecular flexibility index (Phi) is 6.40. The second-order valence-electron chi connectivity index (χ2n) is 6.93. The molecule has 1 atom stereocenters. The van der Waals surface area contributed by atoms with Crippen LogP contribution in [0.15, 0.2) is 47.1 Å². The number of hydrogen-bond donors (Lipinski definition) is 2. The van der Waals surface area contributed by atoms with Crippen molar-refractivity contribution in [1.82, 2.24) is 5.32 Å². The van der Waals surface area contributed by atoms with E-state index in [-0.39, 0.29) is 11.8 Å². The molecule has 0 saturated carbocycles. The number of aryl methyl sites for hydroxylation is 2. The predicted molar refractivity (Wildman–Crippen MR) is 109 cm³/mol. The summed E-state index contributed by atoms with van der Waals surface area (Å²) in [7, 11) is 0. The van der Waals surface area contributed by atoms with Gasteiger partial charge in [0.2, 0.25) is 5.91 Å². The Morgan fingerprint density at radius 2 is 2.04 bits per heavy atom. The average molecular weight is 351 g/mol. The maximum atomic E-state index is 12.8. The maximum Gasteiger partial charge on any atom is 0.225 e. The molecule has 0 aliphatic carbocycles. The first-order valence-corrected chi connectivity index (χ1v) is 9.76.